The van der Waals surface area contributed by atoms with E-state index >= 15 is 0 Å². The number of hydrogen-bond donors (Lipinski definition) is 1. The third-order valence-corrected chi connectivity index (χ3v) is 2.97. The van der Waals surface area contributed by atoms with Crippen molar-refractivity contribution >= 4 is 5.91 Å². The molecule has 0 radical (unpaired) electrons. The fourth-order valence-corrected chi connectivity index (χ4v) is 1.98. The van der Waals surface area contributed by atoms with E-state index in [9.17, 15) is 4.79 Å². The first-order chi connectivity index (χ1) is 8.22. The van der Waals surface area contributed by atoms with Crippen LogP contribution in [0.2, 0.25) is 0 Å². The van der Waals surface area contributed by atoms with Gasteiger partial charge in [-0.1, -0.05) is 0 Å². The average molecular weight is 233 g/mol. The number of hydrogen-bond acceptors (Lipinski definition) is 4. The van der Waals surface area contributed by atoms with Gasteiger partial charge in [0.05, 0.1) is 25.3 Å². The van der Waals surface area contributed by atoms with Crippen LogP contribution in [0.3, 0.4) is 0 Å². The highest BCUT2D eigenvalue weighted by molar-refractivity contribution is 5.83. The Balaban J connectivity index is 2.08. The maximum Gasteiger partial charge on any atom is 0.241 e. The molecule has 0 aromatic carbocycles. The summed E-state index contributed by atoms with van der Waals surface area (Å²) in [5.41, 5.74) is 0. The quantitative estimate of drug-likeness (QED) is 0.841. The normalized spacial score (nSPS) is 24.7. The highest BCUT2D eigenvalue weighted by Gasteiger charge is 2.32. The first kappa shape index (κ1) is 11.7. The van der Waals surface area contributed by atoms with Gasteiger partial charge in [-0.2, -0.15) is 5.26 Å². The number of piperazine rings is 1. The Morgan fingerprint density at radius 1 is 1.71 bits per heavy atom. The van der Waals surface area contributed by atoms with Gasteiger partial charge in [0.15, 0.2) is 0 Å². The van der Waals surface area contributed by atoms with Crippen LogP contribution in [-0.4, -0.2) is 29.4 Å². The molecule has 1 aliphatic rings. The molecule has 1 N–H and O–H groups in total. The van der Waals surface area contributed by atoms with E-state index in [2.05, 4.69) is 5.32 Å². The largest absolute Gasteiger partial charge is 0.467 e. The van der Waals surface area contributed by atoms with E-state index in [0.29, 0.717) is 13.1 Å². The molecule has 1 aromatic heterocycles. The van der Waals surface area contributed by atoms with Gasteiger partial charge in [0, 0.05) is 12.6 Å². The van der Waals surface area contributed by atoms with E-state index in [0.717, 1.165) is 5.76 Å². The second-order valence-electron chi connectivity index (χ2n) is 4.22. The molecule has 1 aliphatic heterocycles. The monoisotopic (exact) mass is 233 g/mol. The molecule has 0 aliphatic carbocycles. The zero-order valence-electron chi connectivity index (χ0n) is 9.72. The molecule has 0 bridgehead atoms. The predicted octanol–water partition coefficient (Wildman–Crippen LogP) is 0.882. The van der Waals surface area contributed by atoms with Crippen molar-refractivity contribution in [2.75, 3.05) is 6.54 Å². The zero-order valence-corrected chi connectivity index (χ0v) is 9.72. The SMILES string of the molecule is CC1CNC(CC#N)C(=O)N1Cc1ccco1. The van der Waals surface area contributed by atoms with E-state index in [1.807, 2.05) is 19.1 Å². The fourth-order valence-electron chi connectivity index (χ4n) is 1.98. The Hall–Kier alpha value is -1.80. The number of carbonyl (C=O) groups is 1. The summed E-state index contributed by atoms with van der Waals surface area (Å²) in [6, 6.07) is 5.41. The Bertz CT molecular complexity index is 421. The maximum absolute atomic E-state index is 12.1. The van der Waals surface area contributed by atoms with Crippen molar-refractivity contribution in [3.8, 4) is 6.07 Å². The zero-order chi connectivity index (χ0) is 12.3. The molecule has 5 heteroatoms. The molecule has 1 amide bonds. The smallest absolute Gasteiger partial charge is 0.241 e. The Labute approximate surface area is 100 Å². The summed E-state index contributed by atoms with van der Waals surface area (Å²) in [6.07, 6.45) is 1.81. The molecule has 1 saturated heterocycles. The number of nitrogens with zero attached hydrogens (tertiary/aromatic N) is 2. The number of amides is 1. The Kier molecular flexibility index (Phi) is 3.45. The number of nitrogens with one attached hydrogen (secondary N) is 1. The van der Waals surface area contributed by atoms with E-state index < -0.39 is 0 Å². The van der Waals surface area contributed by atoms with Crippen molar-refractivity contribution in [3.63, 3.8) is 0 Å². The second kappa shape index (κ2) is 5.02. The summed E-state index contributed by atoms with van der Waals surface area (Å²) >= 11 is 0. The number of furan rings is 1. The van der Waals surface area contributed by atoms with Crippen LogP contribution in [0.1, 0.15) is 19.1 Å². The molecule has 0 saturated carbocycles. The maximum atomic E-state index is 12.1. The molecule has 2 atom stereocenters. The minimum Gasteiger partial charge on any atom is -0.467 e. The lowest BCUT2D eigenvalue weighted by molar-refractivity contribution is -0.139. The lowest BCUT2D eigenvalue weighted by Crippen LogP contribution is -2.58. The van der Waals surface area contributed by atoms with Crippen LogP contribution < -0.4 is 5.32 Å². The van der Waals surface area contributed by atoms with Gasteiger partial charge in [-0.05, 0) is 19.1 Å². The second-order valence-corrected chi connectivity index (χ2v) is 4.22. The topological polar surface area (TPSA) is 69.3 Å². The van der Waals surface area contributed by atoms with Crippen LogP contribution in [0.15, 0.2) is 22.8 Å². The van der Waals surface area contributed by atoms with E-state index in [1.54, 1.807) is 17.2 Å². The van der Waals surface area contributed by atoms with Crippen LogP contribution in [0.25, 0.3) is 0 Å². The predicted molar refractivity (Wildman–Crippen MR) is 60.7 cm³/mol. The van der Waals surface area contributed by atoms with E-state index in [-0.39, 0.29) is 24.4 Å². The molecule has 0 spiro atoms. The van der Waals surface area contributed by atoms with Gasteiger partial charge in [-0.15, -0.1) is 0 Å². The van der Waals surface area contributed by atoms with Crippen molar-refractivity contribution in [3.05, 3.63) is 24.2 Å². The summed E-state index contributed by atoms with van der Waals surface area (Å²) in [4.78, 5) is 13.9. The van der Waals surface area contributed by atoms with Crippen molar-refractivity contribution in [1.29, 1.82) is 5.26 Å². The molecule has 1 aromatic rings. The highest BCUT2D eigenvalue weighted by atomic mass is 16.3. The third-order valence-electron chi connectivity index (χ3n) is 2.97. The average Bonchev–Trinajstić information content (AvgIpc) is 2.81. The number of carbonyl (C=O) groups excluding carboxylic acids is 1. The molecule has 17 heavy (non-hydrogen) atoms. The minimum absolute atomic E-state index is 0.0262. The van der Waals surface area contributed by atoms with Gasteiger partial charge in [0.1, 0.15) is 11.8 Å². The van der Waals surface area contributed by atoms with Crippen molar-refractivity contribution in [2.45, 2.75) is 32.0 Å². The molecule has 90 valence electrons. The standard InChI is InChI=1S/C12H15N3O2/c1-9-7-14-11(4-5-13)12(16)15(9)8-10-3-2-6-17-10/h2-3,6,9,11,14H,4,7-8H2,1H3. The van der Waals surface area contributed by atoms with Crippen LogP contribution in [0.4, 0.5) is 0 Å². The van der Waals surface area contributed by atoms with Crippen LogP contribution >= 0.6 is 0 Å². The summed E-state index contributed by atoms with van der Waals surface area (Å²) in [5, 5.41) is 11.8. The van der Waals surface area contributed by atoms with Gasteiger partial charge in [0.25, 0.3) is 0 Å². The molecular formula is C12H15N3O2. The summed E-state index contributed by atoms with van der Waals surface area (Å²) in [7, 11) is 0. The van der Waals surface area contributed by atoms with Crippen LogP contribution in [0, 0.1) is 11.3 Å². The minimum atomic E-state index is -0.383. The Morgan fingerprint density at radius 2 is 2.53 bits per heavy atom. The third kappa shape index (κ3) is 2.48. The molecular weight excluding hydrogens is 218 g/mol. The van der Waals surface area contributed by atoms with Gasteiger partial charge >= 0.3 is 0 Å². The first-order valence-corrected chi connectivity index (χ1v) is 5.65. The van der Waals surface area contributed by atoms with Gasteiger partial charge in [0.2, 0.25) is 5.91 Å². The molecule has 1 fully saturated rings. The molecule has 2 rings (SSSR count). The summed E-state index contributed by atoms with van der Waals surface area (Å²) in [6.45, 7) is 3.16. The van der Waals surface area contributed by atoms with E-state index in [4.69, 9.17) is 9.68 Å². The molecule has 5 nitrogen and oxygen atoms in total. The van der Waals surface area contributed by atoms with Gasteiger partial charge in [-0.3, -0.25) is 4.79 Å². The van der Waals surface area contributed by atoms with Gasteiger partial charge in [-0.25, -0.2) is 0 Å². The lowest BCUT2D eigenvalue weighted by atomic mass is 10.1. The fraction of sp³-hybridized carbons (Fsp3) is 0.500. The Morgan fingerprint density at radius 3 is 3.18 bits per heavy atom. The van der Waals surface area contributed by atoms with E-state index in [1.165, 1.54) is 0 Å². The lowest BCUT2D eigenvalue weighted by Gasteiger charge is -2.37. The summed E-state index contributed by atoms with van der Waals surface area (Å²) < 4.78 is 5.25. The molecule has 2 unspecified atom stereocenters. The number of nitriles is 1. The highest BCUT2D eigenvalue weighted by Crippen LogP contribution is 2.15. The van der Waals surface area contributed by atoms with Gasteiger partial charge < -0.3 is 14.6 Å². The van der Waals surface area contributed by atoms with Crippen LogP contribution in [-0.2, 0) is 11.3 Å². The van der Waals surface area contributed by atoms with Crippen molar-refractivity contribution in [1.82, 2.24) is 10.2 Å². The molecule has 2 heterocycles. The van der Waals surface area contributed by atoms with Crippen molar-refractivity contribution in [2.24, 2.45) is 0 Å². The van der Waals surface area contributed by atoms with Crippen LogP contribution in [0.5, 0.6) is 0 Å². The first-order valence-electron chi connectivity index (χ1n) is 5.65. The number of rotatable bonds is 3. The van der Waals surface area contributed by atoms with Crippen molar-refractivity contribution < 1.29 is 9.21 Å². The summed E-state index contributed by atoms with van der Waals surface area (Å²) in [5.74, 6) is 0.740.